The lowest BCUT2D eigenvalue weighted by atomic mass is 10.2. The van der Waals surface area contributed by atoms with Crippen LogP contribution in [-0.4, -0.2) is 21.5 Å². The van der Waals surface area contributed by atoms with Gasteiger partial charge in [-0.25, -0.2) is 4.98 Å². The number of rotatable bonds is 6. The number of hydrogen-bond donors (Lipinski definition) is 2. The number of aryl methyl sites for hydroxylation is 1. The van der Waals surface area contributed by atoms with Crippen molar-refractivity contribution in [3.05, 3.63) is 18.2 Å². The molecule has 5 nitrogen and oxygen atoms in total. The third kappa shape index (κ3) is 3.56. The maximum Gasteiger partial charge on any atom is 0.220 e. The SMILES string of the molecule is CC(N)c1cncn1CCCC(=O)NC1CC1. The first kappa shape index (κ1) is 12.1. The van der Waals surface area contributed by atoms with Crippen molar-refractivity contribution in [1.82, 2.24) is 14.9 Å². The Kier molecular flexibility index (Phi) is 3.78. The highest BCUT2D eigenvalue weighted by molar-refractivity contribution is 5.76. The molecule has 1 aromatic heterocycles. The van der Waals surface area contributed by atoms with Gasteiger partial charge in [0.15, 0.2) is 0 Å². The fraction of sp³-hybridized carbons (Fsp3) is 0.667. The van der Waals surface area contributed by atoms with Crippen molar-refractivity contribution in [3.8, 4) is 0 Å². The Hall–Kier alpha value is -1.36. The summed E-state index contributed by atoms with van der Waals surface area (Å²) in [5.74, 6) is 0.162. The van der Waals surface area contributed by atoms with E-state index in [-0.39, 0.29) is 11.9 Å². The number of aromatic nitrogens is 2. The minimum Gasteiger partial charge on any atom is -0.353 e. The van der Waals surface area contributed by atoms with E-state index in [0.29, 0.717) is 12.5 Å². The van der Waals surface area contributed by atoms with E-state index in [2.05, 4.69) is 10.3 Å². The second-order valence-electron chi connectivity index (χ2n) is 4.75. The Morgan fingerprint density at radius 3 is 3.12 bits per heavy atom. The molecule has 2 rings (SSSR count). The number of imidazole rings is 1. The molecule has 0 radical (unpaired) electrons. The first-order valence-electron chi connectivity index (χ1n) is 6.22. The quantitative estimate of drug-likeness (QED) is 0.772. The summed E-state index contributed by atoms with van der Waals surface area (Å²) in [5, 5.41) is 2.98. The molecule has 1 unspecified atom stereocenters. The fourth-order valence-electron chi connectivity index (χ4n) is 1.83. The molecule has 94 valence electrons. The van der Waals surface area contributed by atoms with E-state index in [9.17, 15) is 4.79 Å². The van der Waals surface area contributed by atoms with E-state index in [0.717, 1.165) is 31.5 Å². The number of nitrogens with one attached hydrogen (secondary N) is 1. The Morgan fingerprint density at radius 2 is 2.47 bits per heavy atom. The smallest absolute Gasteiger partial charge is 0.220 e. The first-order chi connectivity index (χ1) is 8.16. The molecule has 1 saturated carbocycles. The van der Waals surface area contributed by atoms with Crippen LogP contribution in [0.1, 0.15) is 44.3 Å². The Balaban J connectivity index is 1.73. The van der Waals surface area contributed by atoms with Gasteiger partial charge in [0.2, 0.25) is 5.91 Å². The standard InChI is InChI=1S/C12H20N4O/c1-9(13)11-7-14-8-16(11)6-2-3-12(17)15-10-4-5-10/h7-10H,2-6,13H2,1H3,(H,15,17). The lowest BCUT2D eigenvalue weighted by Gasteiger charge is -2.10. The number of nitrogens with zero attached hydrogens (tertiary/aromatic N) is 2. The van der Waals surface area contributed by atoms with E-state index >= 15 is 0 Å². The molecule has 0 aliphatic heterocycles. The van der Waals surface area contributed by atoms with Gasteiger partial charge in [-0.1, -0.05) is 0 Å². The maximum absolute atomic E-state index is 11.5. The zero-order valence-corrected chi connectivity index (χ0v) is 10.2. The normalized spacial score (nSPS) is 16.8. The molecule has 1 fully saturated rings. The first-order valence-corrected chi connectivity index (χ1v) is 6.22. The lowest BCUT2D eigenvalue weighted by molar-refractivity contribution is -0.121. The van der Waals surface area contributed by atoms with Crippen molar-refractivity contribution in [2.45, 2.75) is 51.2 Å². The third-order valence-electron chi connectivity index (χ3n) is 2.96. The molecule has 5 heteroatoms. The van der Waals surface area contributed by atoms with Crippen molar-refractivity contribution >= 4 is 5.91 Å². The lowest BCUT2D eigenvalue weighted by Crippen LogP contribution is -2.25. The molecule has 1 atom stereocenters. The summed E-state index contributed by atoms with van der Waals surface area (Å²) in [6.45, 7) is 2.74. The average Bonchev–Trinajstić information content (AvgIpc) is 2.94. The average molecular weight is 236 g/mol. The molecular formula is C12H20N4O. The van der Waals surface area contributed by atoms with Gasteiger partial charge < -0.3 is 15.6 Å². The topological polar surface area (TPSA) is 72.9 Å². The molecule has 1 amide bonds. The molecular weight excluding hydrogens is 216 g/mol. The zero-order valence-electron chi connectivity index (χ0n) is 10.2. The van der Waals surface area contributed by atoms with Crippen LogP contribution >= 0.6 is 0 Å². The maximum atomic E-state index is 11.5. The summed E-state index contributed by atoms with van der Waals surface area (Å²) in [6, 6.07) is 0.438. The highest BCUT2D eigenvalue weighted by atomic mass is 16.1. The van der Waals surface area contributed by atoms with Crippen LogP contribution in [0.25, 0.3) is 0 Å². The minimum absolute atomic E-state index is 0.0159. The van der Waals surface area contributed by atoms with E-state index < -0.39 is 0 Å². The molecule has 0 bridgehead atoms. The van der Waals surface area contributed by atoms with Crippen LogP contribution in [0.4, 0.5) is 0 Å². The number of nitrogens with two attached hydrogens (primary N) is 1. The van der Waals surface area contributed by atoms with Crippen LogP contribution in [0.5, 0.6) is 0 Å². The van der Waals surface area contributed by atoms with E-state index in [1.165, 1.54) is 0 Å². The summed E-state index contributed by atoms with van der Waals surface area (Å²) < 4.78 is 2.02. The van der Waals surface area contributed by atoms with Crippen LogP contribution in [0.15, 0.2) is 12.5 Å². The van der Waals surface area contributed by atoms with Gasteiger partial charge in [-0.2, -0.15) is 0 Å². The van der Waals surface area contributed by atoms with Crippen molar-refractivity contribution in [2.24, 2.45) is 5.73 Å². The van der Waals surface area contributed by atoms with Gasteiger partial charge in [0.25, 0.3) is 0 Å². The summed E-state index contributed by atoms with van der Waals surface area (Å²) in [4.78, 5) is 15.6. The molecule has 17 heavy (non-hydrogen) atoms. The highest BCUT2D eigenvalue weighted by Crippen LogP contribution is 2.18. The summed E-state index contributed by atoms with van der Waals surface area (Å²) in [6.07, 6.45) is 7.25. The van der Waals surface area contributed by atoms with Crippen molar-refractivity contribution < 1.29 is 4.79 Å². The number of carbonyl (C=O) groups is 1. The van der Waals surface area contributed by atoms with Gasteiger partial charge in [-0.05, 0) is 26.2 Å². The van der Waals surface area contributed by atoms with Crippen LogP contribution in [0.3, 0.4) is 0 Å². The van der Waals surface area contributed by atoms with Crippen LogP contribution in [0.2, 0.25) is 0 Å². The van der Waals surface area contributed by atoms with Gasteiger partial charge in [-0.15, -0.1) is 0 Å². The van der Waals surface area contributed by atoms with Crippen molar-refractivity contribution in [3.63, 3.8) is 0 Å². The third-order valence-corrected chi connectivity index (χ3v) is 2.96. The van der Waals surface area contributed by atoms with E-state index in [1.54, 1.807) is 12.5 Å². The van der Waals surface area contributed by atoms with Crippen molar-refractivity contribution in [1.29, 1.82) is 0 Å². The summed E-state index contributed by atoms with van der Waals surface area (Å²) >= 11 is 0. The molecule has 1 aliphatic rings. The van der Waals surface area contributed by atoms with Gasteiger partial charge in [-0.3, -0.25) is 4.79 Å². The van der Waals surface area contributed by atoms with Gasteiger partial charge in [0, 0.05) is 31.2 Å². The Bertz CT molecular complexity index is 382. The summed E-state index contributed by atoms with van der Waals surface area (Å²) in [5.41, 5.74) is 6.85. The number of hydrogen-bond acceptors (Lipinski definition) is 3. The van der Waals surface area contributed by atoms with E-state index in [4.69, 9.17) is 5.73 Å². The number of carbonyl (C=O) groups excluding carboxylic acids is 1. The van der Waals surface area contributed by atoms with Gasteiger partial charge >= 0.3 is 0 Å². The minimum atomic E-state index is -0.0159. The monoisotopic (exact) mass is 236 g/mol. The van der Waals surface area contributed by atoms with Crippen LogP contribution in [-0.2, 0) is 11.3 Å². The van der Waals surface area contributed by atoms with Gasteiger partial charge in [0.1, 0.15) is 0 Å². The summed E-state index contributed by atoms with van der Waals surface area (Å²) in [7, 11) is 0. The molecule has 0 spiro atoms. The fourth-order valence-corrected chi connectivity index (χ4v) is 1.83. The van der Waals surface area contributed by atoms with Crippen molar-refractivity contribution in [2.75, 3.05) is 0 Å². The zero-order chi connectivity index (χ0) is 12.3. The molecule has 0 aromatic carbocycles. The Morgan fingerprint density at radius 1 is 1.71 bits per heavy atom. The second-order valence-corrected chi connectivity index (χ2v) is 4.75. The largest absolute Gasteiger partial charge is 0.353 e. The molecule has 0 saturated heterocycles. The predicted octanol–water partition coefficient (Wildman–Crippen LogP) is 0.962. The van der Waals surface area contributed by atoms with E-state index in [1.807, 2.05) is 11.5 Å². The highest BCUT2D eigenvalue weighted by Gasteiger charge is 2.22. The molecule has 3 N–H and O–H groups in total. The van der Waals surface area contributed by atoms with Crippen LogP contribution < -0.4 is 11.1 Å². The molecule has 1 heterocycles. The van der Waals surface area contributed by atoms with Crippen LogP contribution in [0, 0.1) is 0 Å². The number of amides is 1. The van der Waals surface area contributed by atoms with Gasteiger partial charge in [0.05, 0.1) is 12.0 Å². The molecule has 1 aromatic rings. The predicted molar refractivity (Wildman–Crippen MR) is 65.2 cm³/mol. The second kappa shape index (κ2) is 5.31. The Labute approximate surface area is 101 Å². The molecule has 1 aliphatic carbocycles.